The topological polar surface area (TPSA) is 54.2 Å². The highest BCUT2D eigenvalue weighted by Gasteiger charge is 2.28. The van der Waals surface area contributed by atoms with E-state index >= 15 is 0 Å². The van der Waals surface area contributed by atoms with E-state index < -0.39 is 0 Å². The zero-order valence-corrected chi connectivity index (χ0v) is 10.9. The van der Waals surface area contributed by atoms with Crippen LogP contribution in [0.4, 0.5) is 11.5 Å². The van der Waals surface area contributed by atoms with Gasteiger partial charge in [0.05, 0.1) is 5.69 Å². The first-order valence-corrected chi connectivity index (χ1v) is 6.27. The molecule has 0 saturated heterocycles. The fourth-order valence-electron chi connectivity index (χ4n) is 1.94. The number of nitrogens with two attached hydrogens (primary N) is 1. The Kier molecular flexibility index (Phi) is 3.52. The van der Waals surface area contributed by atoms with Gasteiger partial charge in [0.25, 0.3) is 0 Å². The Labute approximate surface area is 103 Å². The number of aryl methyl sites for hydroxylation is 1. The van der Waals surface area contributed by atoms with Crippen LogP contribution in [0.25, 0.3) is 0 Å². The van der Waals surface area contributed by atoms with E-state index in [0.29, 0.717) is 6.04 Å². The van der Waals surface area contributed by atoms with Gasteiger partial charge in [0, 0.05) is 24.3 Å². The summed E-state index contributed by atoms with van der Waals surface area (Å²) in [6.45, 7) is 5.09. The number of aromatic nitrogens is 1. The first kappa shape index (κ1) is 12.2. The lowest BCUT2D eigenvalue weighted by Crippen LogP contribution is -2.36. The maximum atomic E-state index is 5.89. The summed E-state index contributed by atoms with van der Waals surface area (Å²) < 4.78 is 0. The Bertz CT molecular complexity index is 387. The zero-order chi connectivity index (χ0) is 12.4. The highest BCUT2D eigenvalue weighted by atomic mass is 15.2. The number of hydrogen-bond acceptors (Lipinski definition) is 4. The Hall–Kier alpha value is -1.29. The van der Waals surface area contributed by atoms with Crippen molar-refractivity contribution >= 4 is 11.5 Å². The van der Waals surface area contributed by atoms with Crippen LogP contribution in [-0.2, 0) is 0 Å². The Morgan fingerprint density at radius 3 is 2.88 bits per heavy atom. The molecule has 1 unspecified atom stereocenters. The molecule has 1 aromatic heterocycles. The second-order valence-corrected chi connectivity index (χ2v) is 5.02. The van der Waals surface area contributed by atoms with Crippen molar-refractivity contribution in [1.82, 2.24) is 9.88 Å². The molecule has 4 heteroatoms. The van der Waals surface area contributed by atoms with Gasteiger partial charge in [0.2, 0.25) is 0 Å². The number of hydrogen-bond donors (Lipinski definition) is 2. The van der Waals surface area contributed by atoms with E-state index in [-0.39, 0.29) is 0 Å². The largest absolute Gasteiger partial charge is 0.396 e. The summed E-state index contributed by atoms with van der Waals surface area (Å²) in [6.07, 6.45) is 2.68. The quantitative estimate of drug-likeness (QED) is 0.816. The van der Waals surface area contributed by atoms with Gasteiger partial charge in [-0.1, -0.05) is 0 Å². The van der Waals surface area contributed by atoms with Crippen LogP contribution in [0.2, 0.25) is 0 Å². The van der Waals surface area contributed by atoms with Gasteiger partial charge in [0.15, 0.2) is 0 Å². The molecule has 1 aliphatic rings. The summed E-state index contributed by atoms with van der Waals surface area (Å²) >= 11 is 0. The van der Waals surface area contributed by atoms with Crippen molar-refractivity contribution in [3.05, 3.63) is 17.8 Å². The summed E-state index contributed by atoms with van der Waals surface area (Å²) in [6, 6.07) is 5.12. The Balaban J connectivity index is 1.90. The van der Waals surface area contributed by atoms with Crippen LogP contribution in [0, 0.1) is 6.92 Å². The minimum absolute atomic E-state index is 0.504. The summed E-state index contributed by atoms with van der Waals surface area (Å²) in [5.41, 5.74) is 7.60. The van der Waals surface area contributed by atoms with Crippen LogP contribution in [-0.4, -0.2) is 35.6 Å². The molecule has 0 amide bonds. The van der Waals surface area contributed by atoms with Gasteiger partial charge in [-0.05, 0) is 45.9 Å². The van der Waals surface area contributed by atoms with E-state index in [2.05, 4.69) is 29.2 Å². The predicted molar refractivity (Wildman–Crippen MR) is 72.1 cm³/mol. The standard InChI is InChI=1S/C13H22N4/c1-9-4-7-12(14)13(16-9)15-8-10(2)17(3)11-5-6-11/h4,7,10-11H,5-6,8,14H2,1-3H3,(H,15,16). The van der Waals surface area contributed by atoms with Crippen LogP contribution in [0.3, 0.4) is 0 Å². The molecule has 0 spiro atoms. The molecule has 94 valence electrons. The SMILES string of the molecule is Cc1ccc(N)c(NCC(C)N(C)C2CC2)n1. The lowest BCUT2D eigenvalue weighted by molar-refractivity contribution is 0.257. The smallest absolute Gasteiger partial charge is 0.149 e. The van der Waals surface area contributed by atoms with Crippen LogP contribution in [0.5, 0.6) is 0 Å². The molecule has 17 heavy (non-hydrogen) atoms. The lowest BCUT2D eigenvalue weighted by Gasteiger charge is -2.25. The number of pyridine rings is 1. The third kappa shape index (κ3) is 3.09. The predicted octanol–water partition coefficient (Wildman–Crippen LogP) is 1.87. The molecular weight excluding hydrogens is 212 g/mol. The summed E-state index contributed by atoms with van der Waals surface area (Å²) in [4.78, 5) is 6.84. The van der Waals surface area contributed by atoms with Crippen molar-refractivity contribution in [2.75, 3.05) is 24.6 Å². The number of likely N-dealkylation sites (N-methyl/N-ethyl adjacent to an activating group) is 1. The molecule has 4 nitrogen and oxygen atoms in total. The normalized spacial score (nSPS) is 17.2. The van der Waals surface area contributed by atoms with Crippen LogP contribution in [0.15, 0.2) is 12.1 Å². The van der Waals surface area contributed by atoms with E-state index in [9.17, 15) is 0 Å². The number of nitrogens with one attached hydrogen (secondary N) is 1. The molecule has 1 fully saturated rings. The molecule has 1 heterocycles. The first-order chi connectivity index (χ1) is 8.08. The maximum absolute atomic E-state index is 5.89. The van der Waals surface area contributed by atoms with Crippen LogP contribution in [0.1, 0.15) is 25.5 Å². The number of nitrogen functional groups attached to an aromatic ring is 1. The highest BCUT2D eigenvalue weighted by Crippen LogP contribution is 2.27. The number of nitrogens with zero attached hydrogens (tertiary/aromatic N) is 2. The molecule has 3 N–H and O–H groups in total. The fraction of sp³-hybridized carbons (Fsp3) is 0.615. The van der Waals surface area contributed by atoms with Crippen LogP contribution >= 0.6 is 0 Å². The van der Waals surface area contributed by atoms with Gasteiger partial charge in [-0.3, -0.25) is 4.90 Å². The minimum Gasteiger partial charge on any atom is -0.396 e. The summed E-state index contributed by atoms with van der Waals surface area (Å²) in [5, 5.41) is 3.34. The Morgan fingerprint density at radius 2 is 2.24 bits per heavy atom. The van der Waals surface area contributed by atoms with E-state index in [1.807, 2.05) is 19.1 Å². The minimum atomic E-state index is 0.504. The molecule has 1 saturated carbocycles. The molecule has 1 aromatic rings. The van der Waals surface area contributed by atoms with Crippen LogP contribution < -0.4 is 11.1 Å². The van der Waals surface area contributed by atoms with Crippen molar-refractivity contribution in [2.24, 2.45) is 0 Å². The van der Waals surface area contributed by atoms with Crippen molar-refractivity contribution in [3.8, 4) is 0 Å². The monoisotopic (exact) mass is 234 g/mol. The second-order valence-electron chi connectivity index (χ2n) is 5.02. The van der Waals surface area contributed by atoms with E-state index in [1.54, 1.807) is 0 Å². The highest BCUT2D eigenvalue weighted by molar-refractivity contribution is 5.61. The van der Waals surface area contributed by atoms with E-state index in [0.717, 1.165) is 29.8 Å². The average Bonchev–Trinajstić information content (AvgIpc) is 3.13. The van der Waals surface area contributed by atoms with Gasteiger partial charge in [-0.15, -0.1) is 0 Å². The lowest BCUT2D eigenvalue weighted by atomic mass is 10.2. The molecule has 1 atom stereocenters. The van der Waals surface area contributed by atoms with Crippen molar-refractivity contribution < 1.29 is 0 Å². The average molecular weight is 234 g/mol. The molecule has 2 rings (SSSR count). The Morgan fingerprint density at radius 1 is 1.53 bits per heavy atom. The molecule has 0 aromatic carbocycles. The van der Waals surface area contributed by atoms with Gasteiger partial charge in [-0.2, -0.15) is 0 Å². The van der Waals surface area contributed by atoms with Crippen molar-refractivity contribution in [1.29, 1.82) is 0 Å². The first-order valence-electron chi connectivity index (χ1n) is 6.27. The zero-order valence-electron chi connectivity index (χ0n) is 10.9. The number of anilines is 2. The van der Waals surface area contributed by atoms with Gasteiger partial charge in [0.1, 0.15) is 5.82 Å². The maximum Gasteiger partial charge on any atom is 0.149 e. The van der Waals surface area contributed by atoms with E-state index in [1.165, 1.54) is 12.8 Å². The molecule has 1 aliphatic carbocycles. The van der Waals surface area contributed by atoms with Crippen molar-refractivity contribution in [2.45, 2.75) is 38.8 Å². The van der Waals surface area contributed by atoms with Gasteiger partial charge >= 0.3 is 0 Å². The third-order valence-electron chi connectivity index (χ3n) is 3.45. The number of rotatable bonds is 5. The molecule has 0 bridgehead atoms. The molecule has 0 aliphatic heterocycles. The molecular formula is C13H22N4. The fourth-order valence-corrected chi connectivity index (χ4v) is 1.94. The summed E-state index contributed by atoms with van der Waals surface area (Å²) in [5.74, 6) is 0.807. The van der Waals surface area contributed by atoms with Crippen molar-refractivity contribution in [3.63, 3.8) is 0 Å². The van der Waals surface area contributed by atoms with E-state index in [4.69, 9.17) is 5.73 Å². The third-order valence-corrected chi connectivity index (χ3v) is 3.45. The second kappa shape index (κ2) is 4.92. The van der Waals surface area contributed by atoms with Gasteiger partial charge < -0.3 is 11.1 Å². The summed E-state index contributed by atoms with van der Waals surface area (Å²) in [7, 11) is 2.19. The van der Waals surface area contributed by atoms with Gasteiger partial charge in [-0.25, -0.2) is 4.98 Å². The molecule has 0 radical (unpaired) electrons.